The molecule has 1 aromatic heterocycles. The molecule has 1 saturated carbocycles. The van der Waals surface area contributed by atoms with E-state index in [4.69, 9.17) is 0 Å². The lowest BCUT2D eigenvalue weighted by Gasteiger charge is -2.17. The first-order valence-corrected chi connectivity index (χ1v) is 7.17. The number of nitrogens with one attached hydrogen (secondary N) is 1. The van der Waals surface area contributed by atoms with Crippen LogP contribution in [0.1, 0.15) is 19.8 Å². The lowest BCUT2D eigenvalue weighted by atomic mass is 10.4. The van der Waals surface area contributed by atoms with Crippen LogP contribution in [-0.4, -0.2) is 37.3 Å². The van der Waals surface area contributed by atoms with Crippen molar-refractivity contribution in [2.24, 2.45) is 0 Å². The van der Waals surface area contributed by atoms with Crippen molar-refractivity contribution in [3.05, 3.63) is 18.3 Å². The van der Waals surface area contributed by atoms with Gasteiger partial charge in [0.25, 0.3) is 0 Å². The summed E-state index contributed by atoms with van der Waals surface area (Å²) in [7, 11) is -1.86. The molecule has 6 heteroatoms. The number of nitrogens with zero attached hydrogens (tertiary/aromatic N) is 2. The smallest absolute Gasteiger partial charge is 0.246 e. The molecule has 17 heavy (non-hydrogen) atoms. The number of hydrogen-bond donors (Lipinski definition) is 1. The van der Waals surface area contributed by atoms with Gasteiger partial charge in [-0.3, -0.25) is 0 Å². The normalized spacial score (nSPS) is 16.2. The first kappa shape index (κ1) is 12.3. The van der Waals surface area contributed by atoms with Crippen molar-refractivity contribution in [1.82, 2.24) is 9.29 Å². The van der Waals surface area contributed by atoms with Crippen molar-refractivity contribution >= 4 is 15.8 Å². The monoisotopic (exact) mass is 255 g/mol. The highest BCUT2D eigenvalue weighted by Gasteiger charge is 2.27. The van der Waals surface area contributed by atoms with E-state index in [1.54, 1.807) is 25.4 Å². The summed E-state index contributed by atoms with van der Waals surface area (Å²) in [5, 5.41) is 3.15. The SMILES string of the molecule is CCN(C)S(=O)(=O)c1cccnc1NC1CC1. The van der Waals surface area contributed by atoms with E-state index < -0.39 is 10.0 Å². The maximum absolute atomic E-state index is 12.2. The summed E-state index contributed by atoms with van der Waals surface area (Å²) >= 11 is 0. The topological polar surface area (TPSA) is 62.3 Å². The lowest BCUT2D eigenvalue weighted by molar-refractivity contribution is 0.486. The molecule has 94 valence electrons. The minimum atomic E-state index is -3.43. The van der Waals surface area contributed by atoms with Gasteiger partial charge in [0, 0.05) is 25.8 Å². The van der Waals surface area contributed by atoms with Gasteiger partial charge in [0.1, 0.15) is 10.7 Å². The molecule has 0 aromatic carbocycles. The van der Waals surface area contributed by atoms with Crippen LogP contribution in [0.5, 0.6) is 0 Å². The number of hydrogen-bond acceptors (Lipinski definition) is 4. The van der Waals surface area contributed by atoms with Crippen LogP contribution in [0.3, 0.4) is 0 Å². The van der Waals surface area contributed by atoms with Crippen molar-refractivity contribution in [3.8, 4) is 0 Å². The van der Waals surface area contributed by atoms with E-state index in [1.165, 1.54) is 4.31 Å². The van der Waals surface area contributed by atoms with Crippen LogP contribution in [0, 0.1) is 0 Å². The van der Waals surface area contributed by atoms with Gasteiger partial charge in [0.2, 0.25) is 10.0 Å². The summed E-state index contributed by atoms with van der Waals surface area (Å²) in [5.41, 5.74) is 0. The van der Waals surface area contributed by atoms with Gasteiger partial charge in [-0.15, -0.1) is 0 Å². The Balaban J connectivity index is 2.36. The summed E-state index contributed by atoms with van der Waals surface area (Å²) in [6, 6.07) is 3.62. The Morgan fingerprint density at radius 2 is 2.24 bits per heavy atom. The first-order valence-electron chi connectivity index (χ1n) is 5.73. The highest BCUT2D eigenvalue weighted by atomic mass is 32.2. The van der Waals surface area contributed by atoms with E-state index >= 15 is 0 Å². The van der Waals surface area contributed by atoms with E-state index in [9.17, 15) is 8.42 Å². The minimum absolute atomic E-state index is 0.260. The fourth-order valence-corrected chi connectivity index (χ4v) is 2.75. The Bertz CT molecular complexity index is 497. The molecule has 1 aliphatic carbocycles. The quantitative estimate of drug-likeness (QED) is 0.861. The van der Waals surface area contributed by atoms with E-state index in [2.05, 4.69) is 10.3 Å². The predicted octanol–water partition coefficient (Wildman–Crippen LogP) is 1.30. The Hall–Kier alpha value is -1.14. The zero-order valence-corrected chi connectivity index (χ0v) is 10.9. The Kier molecular flexibility index (Phi) is 3.35. The summed E-state index contributed by atoms with van der Waals surface area (Å²) < 4.78 is 25.8. The minimum Gasteiger partial charge on any atom is -0.366 e. The summed E-state index contributed by atoms with van der Waals surface area (Å²) in [4.78, 5) is 4.39. The van der Waals surface area contributed by atoms with Gasteiger partial charge in [-0.2, -0.15) is 0 Å². The number of rotatable bonds is 5. The van der Waals surface area contributed by atoms with Crippen LogP contribution in [0.4, 0.5) is 5.82 Å². The number of sulfonamides is 1. The van der Waals surface area contributed by atoms with Crippen molar-refractivity contribution in [2.45, 2.75) is 30.7 Å². The largest absolute Gasteiger partial charge is 0.366 e. The second kappa shape index (κ2) is 4.62. The molecule has 0 atom stereocenters. The first-order chi connectivity index (χ1) is 8.05. The van der Waals surface area contributed by atoms with Crippen LogP contribution in [-0.2, 0) is 10.0 Å². The standard InChI is InChI=1S/C11H17N3O2S/c1-3-14(2)17(15,16)10-5-4-8-12-11(10)13-9-6-7-9/h4-5,8-9H,3,6-7H2,1-2H3,(H,12,13). The highest BCUT2D eigenvalue weighted by molar-refractivity contribution is 7.89. The molecule has 5 nitrogen and oxygen atoms in total. The number of pyridine rings is 1. The van der Waals surface area contributed by atoms with Gasteiger partial charge in [-0.1, -0.05) is 6.92 Å². The van der Waals surface area contributed by atoms with Gasteiger partial charge in [-0.25, -0.2) is 17.7 Å². The summed E-state index contributed by atoms with van der Waals surface area (Å²) in [6.07, 6.45) is 3.77. The summed E-state index contributed by atoms with van der Waals surface area (Å²) in [6.45, 7) is 2.25. The molecule has 0 bridgehead atoms. The lowest BCUT2D eigenvalue weighted by Crippen LogP contribution is -2.27. The average Bonchev–Trinajstić information content (AvgIpc) is 3.12. The maximum atomic E-state index is 12.2. The zero-order chi connectivity index (χ0) is 12.5. The van der Waals surface area contributed by atoms with E-state index in [-0.39, 0.29) is 4.90 Å². The molecule has 0 amide bonds. The van der Waals surface area contributed by atoms with E-state index in [0.29, 0.717) is 18.4 Å². The zero-order valence-electron chi connectivity index (χ0n) is 10.0. The van der Waals surface area contributed by atoms with Crippen molar-refractivity contribution in [1.29, 1.82) is 0 Å². The van der Waals surface area contributed by atoms with Crippen molar-refractivity contribution in [3.63, 3.8) is 0 Å². The number of anilines is 1. The molecule has 1 fully saturated rings. The fraction of sp³-hybridized carbons (Fsp3) is 0.545. The van der Waals surface area contributed by atoms with Crippen LogP contribution < -0.4 is 5.32 Å². The summed E-state index contributed by atoms with van der Waals surface area (Å²) in [5.74, 6) is 0.468. The molecule has 0 aliphatic heterocycles. The van der Waals surface area contributed by atoms with E-state index in [1.807, 2.05) is 6.92 Å². The van der Waals surface area contributed by atoms with Gasteiger partial charge >= 0.3 is 0 Å². The number of aromatic nitrogens is 1. The Labute approximate surface area is 102 Å². The molecule has 1 aliphatic rings. The third-order valence-corrected chi connectivity index (χ3v) is 4.79. The highest BCUT2D eigenvalue weighted by Crippen LogP contribution is 2.28. The molecule has 1 aromatic rings. The second-order valence-corrected chi connectivity index (χ2v) is 6.20. The van der Waals surface area contributed by atoms with E-state index in [0.717, 1.165) is 12.8 Å². The van der Waals surface area contributed by atoms with Gasteiger partial charge in [0.05, 0.1) is 0 Å². The molecule has 1 heterocycles. The molecule has 0 unspecified atom stereocenters. The van der Waals surface area contributed by atoms with Gasteiger partial charge < -0.3 is 5.32 Å². The van der Waals surface area contributed by atoms with Crippen LogP contribution in [0.25, 0.3) is 0 Å². The molecular weight excluding hydrogens is 238 g/mol. The Morgan fingerprint density at radius 3 is 2.82 bits per heavy atom. The van der Waals surface area contributed by atoms with Crippen molar-refractivity contribution < 1.29 is 8.42 Å². The molecule has 2 rings (SSSR count). The molecule has 0 spiro atoms. The Morgan fingerprint density at radius 1 is 1.53 bits per heavy atom. The molecule has 0 saturated heterocycles. The predicted molar refractivity (Wildman–Crippen MR) is 66.4 cm³/mol. The maximum Gasteiger partial charge on any atom is 0.246 e. The van der Waals surface area contributed by atoms with Gasteiger partial charge in [0.15, 0.2) is 0 Å². The molecule has 1 N–H and O–H groups in total. The second-order valence-electron chi connectivity index (χ2n) is 4.19. The van der Waals surface area contributed by atoms with Gasteiger partial charge in [-0.05, 0) is 25.0 Å². The third kappa shape index (κ3) is 2.58. The molecular formula is C11H17N3O2S. The van der Waals surface area contributed by atoms with Crippen LogP contribution >= 0.6 is 0 Å². The third-order valence-electron chi connectivity index (χ3n) is 2.82. The van der Waals surface area contributed by atoms with Crippen LogP contribution in [0.2, 0.25) is 0 Å². The fourth-order valence-electron chi connectivity index (χ4n) is 1.47. The molecule has 0 radical (unpaired) electrons. The van der Waals surface area contributed by atoms with Crippen molar-refractivity contribution in [2.75, 3.05) is 18.9 Å². The average molecular weight is 255 g/mol. The van der Waals surface area contributed by atoms with Crippen LogP contribution in [0.15, 0.2) is 23.2 Å².